The Morgan fingerprint density at radius 1 is 1.53 bits per heavy atom. The minimum Gasteiger partial charge on any atom is -0.444 e. The molecule has 0 saturated carbocycles. The average Bonchev–Trinajstić information content (AvgIpc) is 2.95. The van der Waals surface area contributed by atoms with Gasteiger partial charge in [0.05, 0.1) is 0 Å². The number of hydrogen-bond donors (Lipinski definition) is 1. The first-order valence-corrected chi connectivity index (χ1v) is 7.46. The molecule has 0 radical (unpaired) electrons. The van der Waals surface area contributed by atoms with Gasteiger partial charge in [-0.15, -0.1) is 0 Å². The van der Waals surface area contributed by atoms with Gasteiger partial charge in [-0.3, -0.25) is 0 Å². The van der Waals surface area contributed by atoms with Crippen molar-refractivity contribution in [1.29, 1.82) is 0 Å². The number of nitrogens with zero attached hydrogens (tertiary/aromatic N) is 1. The van der Waals surface area contributed by atoms with Gasteiger partial charge in [-0.1, -0.05) is 0 Å². The maximum absolute atomic E-state index is 12.1. The molecule has 0 aliphatic carbocycles. The Balaban J connectivity index is 2.05. The number of likely N-dealkylation sites (tertiary alicyclic amines) is 1. The lowest BCUT2D eigenvalue weighted by Gasteiger charge is -2.24. The normalized spacial score (nSPS) is 23.7. The number of hydrogen-bond acceptors (Lipinski definition) is 4. The van der Waals surface area contributed by atoms with Crippen LogP contribution in [0.3, 0.4) is 0 Å². The molecule has 19 heavy (non-hydrogen) atoms. The second-order valence-electron chi connectivity index (χ2n) is 5.99. The van der Waals surface area contributed by atoms with Gasteiger partial charge in [-0.25, -0.2) is 4.79 Å². The van der Waals surface area contributed by atoms with Crippen molar-refractivity contribution in [3.63, 3.8) is 0 Å². The topological polar surface area (TPSA) is 49.8 Å². The third-order valence-electron chi connectivity index (χ3n) is 3.30. The summed E-state index contributed by atoms with van der Waals surface area (Å²) >= 11 is 1.64. The summed E-state index contributed by atoms with van der Waals surface area (Å²) in [6.45, 7) is 6.87. The van der Waals surface area contributed by atoms with E-state index in [1.807, 2.05) is 26.2 Å². The number of carbonyl (C=O) groups excluding carboxylic acids is 1. The van der Waals surface area contributed by atoms with Crippen molar-refractivity contribution in [3.8, 4) is 0 Å². The molecule has 2 heterocycles. The molecule has 106 valence electrons. The standard InChI is InChI=1S/C14H21NO3S/c1-14(2,3)18-13(17)15-6-11(8-16)12(7-15)10-4-5-19-9-10/h4-5,9,11-12,16H,6-8H2,1-3H3/t11-,12+/m0/s1. The molecular formula is C14H21NO3S. The van der Waals surface area contributed by atoms with Gasteiger partial charge < -0.3 is 14.7 Å². The van der Waals surface area contributed by atoms with E-state index >= 15 is 0 Å². The maximum atomic E-state index is 12.1. The van der Waals surface area contributed by atoms with Crippen LogP contribution < -0.4 is 0 Å². The summed E-state index contributed by atoms with van der Waals surface area (Å²) in [5.74, 6) is 0.311. The fraction of sp³-hybridized carbons (Fsp3) is 0.643. The number of aliphatic hydroxyl groups is 1. The van der Waals surface area contributed by atoms with Gasteiger partial charge in [0.25, 0.3) is 0 Å². The van der Waals surface area contributed by atoms with Crippen molar-refractivity contribution in [3.05, 3.63) is 22.4 Å². The van der Waals surface area contributed by atoms with Gasteiger partial charge in [0.1, 0.15) is 5.60 Å². The fourth-order valence-electron chi connectivity index (χ4n) is 2.40. The van der Waals surface area contributed by atoms with E-state index in [0.29, 0.717) is 13.1 Å². The van der Waals surface area contributed by atoms with Gasteiger partial charge >= 0.3 is 6.09 Å². The van der Waals surface area contributed by atoms with Crippen molar-refractivity contribution in [1.82, 2.24) is 4.90 Å². The second kappa shape index (κ2) is 5.51. The Bertz CT molecular complexity index is 424. The van der Waals surface area contributed by atoms with Crippen molar-refractivity contribution in [2.75, 3.05) is 19.7 Å². The molecule has 4 nitrogen and oxygen atoms in total. The van der Waals surface area contributed by atoms with E-state index in [4.69, 9.17) is 4.74 Å². The van der Waals surface area contributed by atoms with Crippen LogP contribution in [0, 0.1) is 5.92 Å². The molecule has 1 saturated heterocycles. The highest BCUT2D eigenvalue weighted by Crippen LogP contribution is 2.34. The van der Waals surface area contributed by atoms with Gasteiger partial charge in [-0.2, -0.15) is 11.3 Å². The zero-order valence-electron chi connectivity index (χ0n) is 11.6. The first-order chi connectivity index (χ1) is 8.90. The summed E-state index contributed by atoms with van der Waals surface area (Å²) in [4.78, 5) is 13.8. The number of aliphatic hydroxyl groups excluding tert-OH is 1. The molecule has 1 aliphatic heterocycles. The molecule has 1 amide bonds. The van der Waals surface area contributed by atoms with Crippen molar-refractivity contribution in [2.45, 2.75) is 32.3 Å². The molecule has 0 unspecified atom stereocenters. The monoisotopic (exact) mass is 283 g/mol. The van der Waals surface area contributed by atoms with Crippen LogP contribution in [0.1, 0.15) is 32.3 Å². The lowest BCUT2D eigenvalue weighted by Crippen LogP contribution is -2.35. The molecule has 0 spiro atoms. The van der Waals surface area contributed by atoms with Crippen LogP contribution in [0.25, 0.3) is 0 Å². The van der Waals surface area contributed by atoms with E-state index in [0.717, 1.165) is 0 Å². The molecule has 2 rings (SSSR count). The number of thiophene rings is 1. The van der Waals surface area contributed by atoms with Crippen LogP contribution in [0.4, 0.5) is 4.79 Å². The Labute approximate surface area is 118 Å². The summed E-state index contributed by atoms with van der Waals surface area (Å²) in [6, 6.07) is 2.07. The van der Waals surface area contributed by atoms with Crippen LogP contribution >= 0.6 is 11.3 Å². The fourth-order valence-corrected chi connectivity index (χ4v) is 3.12. The smallest absolute Gasteiger partial charge is 0.410 e. The van der Waals surface area contributed by atoms with Crippen molar-refractivity contribution < 1.29 is 14.6 Å². The van der Waals surface area contributed by atoms with Crippen molar-refractivity contribution in [2.24, 2.45) is 5.92 Å². The lowest BCUT2D eigenvalue weighted by molar-refractivity contribution is 0.0283. The maximum Gasteiger partial charge on any atom is 0.410 e. The predicted octanol–water partition coefficient (Wildman–Crippen LogP) is 2.69. The summed E-state index contributed by atoms with van der Waals surface area (Å²) in [5, 5.41) is 13.6. The molecule has 1 fully saturated rings. The average molecular weight is 283 g/mol. The van der Waals surface area contributed by atoms with E-state index in [1.54, 1.807) is 16.2 Å². The first kappa shape index (κ1) is 14.3. The molecule has 1 aromatic rings. The van der Waals surface area contributed by atoms with Crippen LogP contribution in [-0.4, -0.2) is 41.4 Å². The van der Waals surface area contributed by atoms with E-state index < -0.39 is 5.60 Å². The van der Waals surface area contributed by atoms with Crippen LogP contribution in [0.5, 0.6) is 0 Å². The van der Waals surface area contributed by atoms with Gasteiger partial charge in [0.15, 0.2) is 0 Å². The Morgan fingerprint density at radius 3 is 2.79 bits per heavy atom. The zero-order chi connectivity index (χ0) is 14.0. The highest BCUT2D eigenvalue weighted by molar-refractivity contribution is 7.07. The van der Waals surface area contributed by atoms with E-state index in [2.05, 4.69) is 11.4 Å². The van der Waals surface area contributed by atoms with E-state index in [1.165, 1.54) is 5.56 Å². The molecule has 1 aliphatic rings. The van der Waals surface area contributed by atoms with Crippen LogP contribution in [0.2, 0.25) is 0 Å². The highest BCUT2D eigenvalue weighted by atomic mass is 32.1. The van der Waals surface area contributed by atoms with Gasteiger partial charge in [0, 0.05) is 31.5 Å². The quantitative estimate of drug-likeness (QED) is 0.908. The van der Waals surface area contributed by atoms with Crippen molar-refractivity contribution >= 4 is 17.4 Å². The third-order valence-corrected chi connectivity index (χ3v) is 4.00. The summed E-state index contributed by atoms with van der Waals surface area (Å²) in [5.41, 5.74) is 0.724. The van der Waals surface area contributed by atoms with E-state index in [9.17, 15) is 9.90 Å². The molecule has 2 atom stereocenters. The van der Waals surface area contributed by atoms with Gasteiger partial charge in [-0.05, 0) is 43.2 Å². The summed E-state index contributed by atoms with van der Waals surface area (Å²) in [7, 11) is 0. The van der Waals surface area contributed by atoms with E-state index in [-0.39, 0.29) is 24.5 Å². The minimum atomic E-state index is -0.480. The molecular weight excluding hydrogens is 262 g/mol. The molecule has 0 aromatic carbocycles. The Hall–Kier alpha value is -1.07. The second-order valence-corrected chi connectivity index (χ2v) is 6.77. The number of ether oxygens (including phenoxy) is 1. The predicted molar refractivity (Wildman–Crippen MR) is 75.4 cm³/mol. The van der Waals surface area contributed by atoms with Crippen LogP contribution in [0.15, 0.2) is 16.8 Å². The first-order valence-electron chi connectivity index (χ1n) is 6.51. The molecule has 0 bridgehead atoms. The lowest BCUT2D eigenvalue weighted by atomic mass is 9.92. The Kier molecular flexibility index (Phi) is 4.16. The summed E-state index contributed by atoms with van der Waals surface area (Å²) < 4.78 is 5.39. The number of rotatable bonds is 2. The zero-order valence-corrected chi connectivity index (χ0v) is 12.4. The highest BCUT2D eigenvalue weighted by Gasteiger charge is 2.37. The van der Waals surface area contributed by atoms with Crippen LogP contribution in [-0.2, 0) is 4.74 Å². The largest absolute Gasteiger partial charge is 0.444 e. The molecule has 1 N–H and O–H groups in total. The number of amides is 1. The minimum absolute atomic E-state index is 0.0970. The van der Waals surface area contributed by atoms with Gasteiger partial charge in [0.2, 0.25) is 0 Å². The summed E-state index contributed by atoms with van der Waals surface area (Å²) in [6.07, 6.45) is -0.288. The third kappa shape index (κ3) is 3.48. The number of carbonyl (C=O) groups is 1. The molecule has 5 heteroatoms. The SMILES string of the molecule is CC(C)(C)OC(=O)N1C[C@@H](CO)[C@@H](c2ccsc2)C1. The molecule has 1 aromatic heterocycles. The Morgan fingerprint density at radius 2 is 2.26 bits per heavy atom.